The van der Waals surface area contributed by atoms with E-state index in [1.807, 2.05) is 30.3 Å². The Morgan fingerprint density at radius 3 is 2.26 bits per heavy atom. The van der Waals surface area contributed by atoms with Crippen molar-refractivity contribution in [1.29, 1.82) is 0 Å². The van der Waals surface area contributed by atoms with Crippen LogP contribution in [0.5, 0.6) is 0 Å². The monoisotopic (exact) mass is 264 g/mol. The molecule has 0 aromatic heterocycles. The van der Waals surface area contributed by atoms with Crippen LogP contribution in [-0.2, 0) is 20.9 Å². The summed E-state index contributed by atoms with van der Waals surface area (Å²) in [5.41, 5.74) is 1.02. The van der Waals surface area contributed by atoms with Gasteiger partial charge in [0.05, 0.1) is 25.2 Å². The van der Waals surface area contributed by atoms with E-state index in [1.54, 1.807) is 0 Å². The summed E-state index contributed by atoms with van der Waals surface area (Å²) >= 11 is 0. The lowest BCUT2D eigenvalue weighted by Gasteiger charge is -2.15. The number of aliphatic hydroxyl groups is 1. The van der Waals surface area contributed by atoms with Crippen LogP contribution >= 0.6 is 0 Å². The Labute approximate surface area is 113 Å². The molecule has 19 heavy (non-hydrogen) atoms. The summed E-state index contributed by atoms with van der Waals surface area (Å²) in [5, 5.41) is 9.77. The highest BCUT2D eigenvalue weighted by Crippen LogP contribution is 2.11. The maximum Gasteiger partial charge on any atom is 0.140 e. The Morgan fingerprint density at radius 1 is 1.16 bits per heavy atom. The van der Waals surface area contributed by atoms with Gasteiger partial charge in [-0.3, -0.25) is 9.59 Å². The van der Waals surface area contributed by atoms with E-state index < -0.39 is 12.0 Å². The molecule has 0 radical (unpaired) electrons. The van der Waals surface area contributed by atoms with E-state index in [0.717, 1.165) is 5.56 Å². The summed E-state index contributed by atoms with van der Waals surface area (Å²) in [6.07, 6.45) is -0.680. The second kappa shape index (κ2) is 7.81. The number of rotatable bonds is 8. The maximum absolute atomic E-state index is 11.2. The molecule has 1 unspecified atom stereocenters. The van der Waals surface area contributed by atoms with E-state index in [4.69, 9.17) is 4.74 Å². The number of carbonyl (C=O) groups is 2. The van der Waals surface area contributed by atoms with Crippen molar-refractivity contribution < 1.29 is 19.4 Å². The SMILES string of the molecule is CC(=O)C(CC(O)COCc1ccccc1)C(C)=O. The smallest absolute Gasteiger partial charge is 0.140 e. The minimum atomic E-state index is -0.804. The second-order valence-electron chi connectivity index (χ2n) is 4.66. The molecule has 4 nitrogen and oxygen atoms in total. The largest absolute Gasteiger partial charge is 0.391 e. The predicted octanol–water partition coefficient (Wildman–Crippen LogP) is 1.75. The van der Waals surface area contributed by atoms with Crippen LogP contribution in [0.15, 0.2) is 30.3 Å². The van der Waals surface area contributed by atoms with Gasteiger partial charge in [-0.05, 0) is 25.8 Å². The standard InChI is InChI=1S/C15H20O4/c1-11(16)15(12(2)17)8-14(18)10-19-9-13-6-4-3-5-7-13/h3-7,14-15,18H,8-10H2,1-2H3. The summed E-state index contributed by atoms with van der Waals surface area (Å²) in [4.78, 5) is 22.5. The molecule has 0 aliphatic heterocycles. The summed E-state index contributed by atoms with van der Waals surface area (Å²) in [5.74, 6) is -1.15. The van der Waals surface area contributed by atoms with Crippen molar-refractivity contribution in [3.8, 4) is 0 Å². The van der Waals surface area contributed by atoms with Gasteiger partial charge in [0.25, 0.3) is 0 Å². The molecule has 0 heterocycles. The van der Waals surface area contributed by atoms with Crippen molar-refractivity contribution in [2.75, 3.05) is 6.61 Å². The van der Waals surface area contributed by atoms with Crippen LogP contribution in [0.4, 0.5) is 0 Å². The van der Waals surface area contributed by atoms with Crippen LogP contribution < -0.4 is 0 Å². The molecule has 0 aliphatic rings. The molecule has 1 aromatic carbocycles. The number of Topliss-reactive ketones (excluding diaryl/α,β-unsaturated/α-hetero) is 2. The lowest BCUT2D eigenvalue weighted by atomic mass is 9.94. The lowest BCUT2D eigenvalue weighted by molar-refractivity contribution is -0.132. The third-order valence-electron chi connectivity index (χ3n) is 2.91. The van der Waals surface area contributed by atoms with Crippen LogP contribution in [0.2, 0.25) is 0 Å². The highest BCUT2D eigenvalue weighted by molar-refractivity contribution is 6.00. The fraction of sp³-hybridized carbons (Fsp3) is 0.467. The molecule has 1 rings (SSSR count). The zero-order valence-corrected chi connectivity index (χ0v) is 11.3. The van der Waals surface area contributed by atoms with Gasteiger partial charge >= 0.3 is 0 Å². The highest BCUT2D eigenvalue weighted by atomic mass is 16.5. The van der Waals surface area contributed by atoms with Crippen molar-refractivity contribution in [3.63, 3.8) is 0 Å². The Kier molecular flexibility index (Phi) is 6.39. The molecule has 0 aliphatic carbocycles. The Balaban J connectivity index is 2.33. The number of hydrogen-bond donors (Lipinski definition) is 1. The summed E-state index contributed by atoms with van der Waals surface area (Å²) in [7, 11) is 0. The molecular formula is C15H20O4. The van der Waals surface area contributed by atoms with E-state index in [0.29, 0.717) is 6.61 Å². The average molecular weight is 264 g/mol. The third kappa shape index (κ3) is 5.77. The molecule has 0 saturated carbocycles. The van der Waals surface area contributed by atoms with Gasteiger partial charge in [-0.25, -0.2) is 0 Å². The molecule has 0 bridgehead atoms. The van der Waals surface area contributed by atoms with Gasteiger partial charge in [0.1, 0.15) is 11.6 Å². The van der Waals surface area contributed by atoms with Crippen molar-refractivity contribution in [2.45, 2.75) is 33.0 Å². The van der Waals surface area contributed by atoms with Crippen LogP contribution in [0.3, 0.4) is 0 Å². The zero-order valence-electron chi connectivity index (χ0n) is 11.3. The molecular weight excluding hydrogens is 244 g/mol. The van der Waals surface area contributed by atoms with Crippen molar-refractivity contribution >= 4 is 11.6 Å². The van der Waals surface area contributed by atoms with Gasteiger partial charge in [-0.1, -0.05) is 30.3 Å². The van der Waals surface area contributed by atoms with Crippen LogP contribution in [0, 0.1) is 5.92 Å². The van der Waals surface area contributed by atoms with Gasteiger partial charge in [0.15, 0.2) is 0 Å². The van der Waals surface area contributed by atoms with Crippen LogP contribution in [0.1, 0.15) is 25.8 Å². The minimum Gasteiger partial charge on any atom is -0.391 e. The molecule has 0 saturated heterocycles. The number of ether oxygens (including phenoxy) is 1. The first-order valence-corrected chi connectivity index (χ1v) is 6.31. The van der Waals surface area contributed by atoms with Crippen LogP contribution in [-0.4, -0.2) is 29.4 Å². The average Bonchev–Trinajstić information content (AvgIpc) is 2.36. The molecule has 1 aromatic rings. The van der Waals surface area contributed by atoms with Crippen LogP contribution in [0.25, 0.3) is 0 Å². The predicted molar refractivity (Wildman–Crippen MR) is 71.6 cm³/mol. The quantitative estimate of drug-likeness (QED) is 0.726. The third-order valence-corrected chi connectivity index (χ3v) is 2.91. The van der Waals surface area contributed by atoms with Crippen molar-refractivity contribution in [2.24, 2.45) is 5.92 Å². The first-order chi connectivity index (χ1) is 9.00. The topological polar surface area (TPSA) is 63.6 Å². The maximum atomic E-state index is 11.2. The number of hydrogen-bond acceptors (Lipinski definition) is 4. The first kappa shape index (κ1) is 15.5. The first-order valence-electron chi connectivity index (χ1n) is 6.31. The molecule has 4 heteroatoms. The van der Waals surface area contributed by atoms with E-state index >= 15 is 0 Å². The fourth-order valence-electron chi connectivity index (χ4n) is 1.85. The molecule has 0 fully saturated rings. The van der Waals surface area contributed by atoms with Gasteiger partial charge in [-0.15, -0.1) is 0 Å². The van der Waals surface area contributed by atoms with E-state index in [2.05, 4.69) is 0 Å². The van der Waals surface area contributed by atoms with Gasteiger partial charge in [-0.2, -0.15) is 0 Å². The van der Waals surface area contributed by atoms with Gasteiger partial charge < -0.3 is 9.84 Å². The number of aliphatic hydroxyl groups excluding tert-OH is 1. The van der Waals surface area contributed by atoms with Crippen molar-refractivity contribution in [3.05, 3.63) is 35.9 Å². The number of carbonyl (C=O) groups excluding carboxylic acids is 2. The normalized spacial score (nSPS) is 12.4. The molecule has 104 valence electrons. The summed E-state index contributed by atoms with van der Waals surface area (Å²) in [6.45, 7) is 3.25. The lowest BCUT2D eigenvalue weighted by Crippen LogP contribution is -2.27. The number of ketones is 2. The molecule has 0 spiro atoms. The second-order valence-corrected chi connectivity index (χ2v) is 4.66. The minimum absolute atomic E-state index is 0.117. The Morgan fingerprint density at radius 2 is 1.74 bits per heavy atom. The molecule has 0 amide bonds. The van der Waals surface area contributed by atoms with E-state index in [-0.39, 0.29) is 24.6 Å². The van der Waals surface area contributed by atoms with Gasteiger partial charge in [0, 0.05) is 0 Å². The van der Waals surface area contributed by atoms with E-state index in [1.165, 1.54) is 13.8 Å². The molecule has 1 atom stereocenters. The Hall–Kier alpha value is -1.52. The number of benzene rings is 1. The molecule has 1 N–H and O–H groups in total. The fourth-order valence-corrected chi connectivity index (χ4v) is 1.85. The van der Waals surface area contributed by atoms with E-state index in [9.17, 15) is 14.7 Å². The van der Waals surface area contributed by atoms with Gasteiger partial charge in [0.2, 0.25) is 0 Å². The summed E-state index contributed by atoms with van der Waals surface area (Å²) < 4.78 is 5.37. The highest BCUT2D eigenvalue weighted by Gasteiger charge is 2.23. The summed E-state index contributed by atoms with van der Waals surface area (Å²) in [6, 6.07) is 9.61. The Bertz CT molecular complexity index is 399. The van der Waals surface area contributed by atoms with Crippen molar-refractivity contribution in [1.82, 2.24) is 0 Å². The zero-order chi connectivity index (χ0) is 14.3.